The number of carbonyl (C=O) groups excluding carboxylic acids is 1. The van der Waals surface area contributed by atoms with Gasteiger partial charge in [0.2, 0.25) is 0 Å². The summed E-state index contributed by atoms with van der Waals surface area (Å²) in [7, 11) is 5.48. The third-order valence-electron chi connectivity index (χ3n) is 7.48. The summed E-state index contributed by atoms with van der Waals surface area (Å²) in [5, 5.41) is 11.1. The lowest BCUT2D eigenvalue weighted by atomic mass is 9.45. The summed E-state index contributed by atoms with van der Waals surface area (Å²) in [6.07, 6.45) is 6.10. The molecule has 3 aliphatic carbocycles. The molecule has 1 aliphatic heterocycles. The predicted molar refractivity (Wildman–Crippen MR) is 89.3 cm³/mol. The third-order valence-corrected chi connectivity index (χ3v) is 7.48. The van der Waals surface area contributed by atoms with E-state index in [1.807, 2.05) is 0 Å². The van der Waals surface area contributed by atoms with Crippen molar-refractivity contribution in [3.8, 4) is 0 Å². The molecular weight excluding hydrogens is 306 g/mol. The lowest BCUT2D eigenvalue weighted by molar-refractivity contribution is -0.192. The van der Waals surface area contributed by atoms with Crippen molar-refractivity contribution in [2.24, 2.45) is 23.2 Å². The highest BCUT2D eigenvalue weighted by Gasteiger charge is 2.63. The number of hydrogen-bond donors (Lipinski definition) is 1. The van der Waals surface area contributed by atoms with Crippen molar-refractivity contribution < 1.29 is 19.4 Å². The van der Waals surface area contributed by atoms with E-state index in [1.165, 1.54) is 0 Å². The number of aliphatic hydroxyl groups excluding tert-OH is 1. The van der Waals surface area contributed by atoms with E-state index in [0.717, 1.165) is 32.2 Å². The van der Waals surface area contributed by atoms with Crippen LogP contribution in [0.2, 0.25) is 0 Å². The standard InChI is InChI=1S/C19H29NO4/c1-20-7-6-19-10-14(21)16(24-3)9-12(19)13(20)8-11-4-5-15(23-2)18(22)17(11)19/h9,11-13,15,17-18,22H,4-8,10H2,1-3H3. The van der Waals surface area contributed by atoms with Crippen molar-refractivity contribution in [3.63, 3.8) is 0 Å². The molecule has 1 saturated heterocycles. The zero-order valence-electron chi connectivity index (χ0n) is 14.9. The molecule has 24 heavy (non-hydrogen) atoms. The molecule has 1 N–H and O–H groups in total. The van der Waals surface area contributed by atoms with E-state index in [-0.39, 0.29) is 29.1 Å². The van der Waals surface area contributed by atoms with Crippen molar-refractivity contribution in [1.29, 1.82) is 0 Å². The summed E-state index contributed by atoms with van der Waals surface area (Å²) in [4.78, 5) is 15.1. The Morgan fingerprint density at radius 1 is 1.33 bits per heavy atom. The van der Waals surface area contributed by atoms with Gasteiger partial charge < -0.3 is 19.5 Å². The van der Waals surface area contributed by atoms with E-state index in [0.29, 0.717) is 24.1 Å². The molecule has 0 aromatic carbocycles. The smallest absolute Gasteiger partial charge is 0.197 e. The normalized spacial score (nSPS) is 48.3. The number of aliphatic hydroxyl groups is 1. The van der Waals surface area contributed by atoms with Gasteiger partial charge >= 0.3 is 0 Å². The van der Waals surface area contributed by atoms with Crippen molar-refractivity contribution >= 4 is 5.78 Å². The summed E-state index contributed by atoms with van der Waals surface area (Å²) in [5.41, 5.74) is -0.129. The second-order valence-corrected chi connectivity index (χ2v) is 8.26. The molecule has 134 valence electrons. The van der Waals surface area contributed by atoms with Gasteiger partial charge in [0.25, 0.3) is 0 Å². The molecule has 4 rings (SSSR count). The predicted octanol–water partition coefficient (Wildman–Crippen LogP) is 1.60. The van der Waals surface area contributed by atoms with Crippen LogP contribution in [0.1, 0.15) is 32.1 Å². The van der Waals surface area contributed by atoms with Crippen molar-refractivity contribution in [2.45, 2.75) is 50.4 Å². The van der Waals surface area contributed by atoms with E-state index < -0.39 is 6.10 Å². The quantitative estimate of drug-likeness (QED) is 0.831. The number of allylic oxidation sites excluding steroid dienone is 1. The average Bonchev–Trinajstić information content (AvgIpc) is 2.57. The maximum Gasteiger partial charge on any atom is 0.197 e. The first kappa shape index (κ1) is 16.6. The Labute approximate surface area is 144 Å². The summed E-state index contributed by atoms with van der Waals surface area (Å²) < 4.78 is 10.9. The molecule has 5 heteroatoms. The highest BCUT2D eigenvalue weighted by Crippen LogP contribution is 2.62. The summed E-state index contributed by atoms with van der Waals surface area (Å²) >= 11 is 0. The first-order chi connectivity index (χ1) is 11.5. The van der Waals surface area contributed by atoms with E-state index in [9.17, 15) is 9.90 Å². The fourth-order valence-electron chi connectivity index (χ4n) is 6.40. The fraction of sp³-hybridized carbons (Fsp3) is 0.842. The number of hydrogen-bond acceptors (Lipinski definition) is 5. The Kier molecular flexibility index (Phi) is 4.01. The maximum absolute atomic E-state index is 12.7. The molecule has 4 aliphatic rings. The first-order valence-electron chi connectivity index (χ1n) is 9.22. The number of fused-ring (bicyclic) bond motifs is 1. The van der Waals surface area contributed by atoms with Crippen molar-refractivity contribution in [2.75, 3.05) is 27.8 Å². The molecule has 3 fully saturated rings. The molecule has 5 nitrogen and oxygen atoms in total. The number of carbonyl (C=O) groups is 1. The Hall–Kier alpha value is -0.910. The van der Waals surface area contributed by atoms with Gasteiger partial charge in [0.1, 0.15) is 0 Å². The minimum absolute atomic E-state index is 0.0969. The number of nitrogens with zero attached hydrogens (tertiary/aromatic N) is 1. The van der Waals surface area contributed by atoms with Crippen LogP contribution in [-0.2, 0) is 14.3 Å². The molecule has 7 unspecified atom stereocenters. The van der Waals surface area contributed by atoms with Gasteiger partial charge in [0.05, 0.1) is 19.3 Å². The second kappa shape index (κ2) is 5.82. The lowest BCUT2D eigenvalue weighted by Crippen LogP contribution is -2.66. The fourth-order valence-corrected chi connectivity index (χ4v) is 6.40. The lowest BCUT2D eigenvalue weighted by Gasteiger charge is -2.64. The molecule has 0 aromatic rings. The number of Topliss-reactive ketones (excluding diaryl/α,β-unsaturated/α-hetero) is 1. The first-order valence-corrected chi connectivity index (χ1v) is 9.22. The largest absolute Gasteiger partial charge is 0.493 e. The molecule has 0 radical (unpaired) electrons. The zero-order valence-corrected chi connectivity index (χ0v) is 14.9. The number of rotatable bonds is 2. The van der Waals surface area contributed by atoms with Gasteiger partial charge in [-0.3, -0.25) is 4.79 Å². The second-order valence-electron chi connectivity index (χ2n) is 8.26. The Balaban J connectivity index is 1.79. The molecule has 0 amide bonds. The van der Waals surface area contributed by atoms with Gasteiger partial charge in [0, 0.05) is 25.5 Å². The van der Waals surface area contributed by atoms with Crippen LogP contribution in [0.3, 0.4) is 0 Å². The average molecular weight is 335 g/mol. The number of likely N-dealkylation sites (tertiary alicyclic amines) is 1. The highest BCUT2D eigenvalue weighted by atomic mass is 16.5. The maximum atomic E-state index is 12.7. The van der Waals surface area contributed by atoms with Crippen LogP contribution in [0.4, 0.5) is 0 Å². The van der Waals surface area contributed by atoms with Crippen molar-refractivity contribution in [1.82, 2.24) is 4.90 Å². The van der Waals surface area contributed by atoms with Crippen LogP contribution in [0.25, 0.3) is 0 Å². The molecule has 2 bridgehead atoms. The van der Waals surface area contributed by atoms with Crippen LogP contribution in [-0.4, -0.2) is 61.9 Å². The van der Waals surface area contributed by atoms with E-state index >= 15 is 0 Å². The molecule has 1 heterocycles. The monoisotopic (exact) mass is 335 g/mol. The van der Waals surface area contributed by atoms with Gasteiger partial charge in [-0.25, -0.2) is 0 Å². The number of methoxy groups -OCH3 is 2. The molecule has 2 saturated carbocycles. The summed E-state index contributed by atoms with van der Waals surface area (Å²) in [6.45, 7) is 0.998. The van der Waals surface area contributed by atoms with Crippen LogP contribution >= 0.6 is 0 Å². The van der Waals surface area contributed by atoms with Gasteiger partial charge in [-0.1, -0.05) is 0 Å². The number of ketones is 1. The SMILES string of the molecule is COC1=CC2C3CC4CCC(OC)C(O)C4C2(CCN3C)CC1=O. The van der Waals surface area contributed by atoms with Crippen LogP contribution in [0.15, 0.2) is 11.8 Å². The Bertz CT molecular complexity index is 562. The minimum Gasteiger partial charge on any atom is -0.493 e. The highest BCUT2D eigenvalue weighted by molar-refractivity contribution is 5.95. The molecule has 0 spiro atoms. The van der Waals surface area contributed by atoms with Gasteiger partial charge in [0.15, 0.2) is 11.5 Å². The van der Waals surface area contributed by atoms with Gasteiger partial charge in [-0.05, 0) is 62.6 Å². The van der Waals surface area contributed by atoms with E-state index in [1.54, 1.807) is 14.2 Å². The number of piperidine rings is 1. The van der Waals surface area contributed by atoms with Crippen molar-refractivity contribution in [3.05, 3.63) is 11.8 Å². The minimum atomic E-state index is -0.467. The van der Waals surface area contributed by atoms with Crippen LogP contribution in [0, 0.1) is 23.2 Å². The topological polar surface area (TPSA) is 59.0 Å². The third kappa shape index (κ3) is 2.14. The molecular formula is C19H29NO4. The van der Waals surface area contributed by atoms with E-state index in [4.69, 9.17) is 9.47 Å². The van der Waals surface area contributed by atoms with Gasteiger partial charge in [-0.2, -0.15) is 0 Å². The van der Waals surface area contributed by atoms with Crippen LogP contribution in [0.5, 0.6) is 0 Å². The summed E-state index contributed by atoms with van der Waals surface area (Å²) in [6, 6.07) is 0.449. The zero-order chi connectivity index (χ0) is 17.1. The molecule has 0 aromatic heterocycles. The molecule has 7 atom stereocenters. The van der Waals surface area contributed by atoms with Gasteiger partial charge in [-0.15, -0.1) is 0 Å². The Morgan fingerprint density at radius 3 is 2.83 bits per heavy atom. The van der Waals surface area contributed by atoms with E-state index in [2.05, 4.69) is 18.0 Å². The Morgan fingerprint density at radius 2 is 2.12 bits per heavy atom. The summed E-state index contributed by atoms with van der Waals surface area (Å²) in [5.74, 6) is 1.55. The van der Waals surface area contributed by atoms with Crippen LogP contribution < -0.4 is 0 Å². The number of ether oxygens (including phenoxy) is 2.